The normalized spacial score (nSPS) is 17.6. The van der Waals surface area contributed by atoms with E-state index in [1.807, 2.05) is 0 Å². The van der Waals surface area contributed by atoms with E-state index in [2.05, 4.69) is 15.0 Å². The zero-order chi connectivity index (χ0) is 12.8. The predicted molar refractivity (Wildman–Crippen MR) is 46.8 cm³/mol. The maximum atomic E-state index is 9.20. The molecule has 2 rings (SSSR count). The van der Waals surface area contributed by atoms with Crippen LogP contribution in [0.1, 0.15) is 5.48 Å². The second-order valence-electron chi connectivity index (χ2n) is 2.27. The number of imidazole rings is 1. The molecule has 0 saturated carbocycles. The summed E-state index contributed by atoms with van der Waals surface area (Å²) in [6.07, 6.45) is 2.18. The molecule has 3 N–H and O–H groups in total. The van der Waals surface area contributed by atoms with Gasteiger partial charge < -0.3 is 15.4 Å². The molecule has 2 aromatic heterocycles. The number of nitrogens with zero attached hydrogens (tertiary/aromatic N) is 4. The van der Waals surface area contributed by atoms with Crippen LogP contribution in [0, 0.1) is 0 Å². The first kappa shape index (κ1) is 4.52. The van der Waals surface area contributed by atoms with E-state index in [0.29, 0.717) is 0 Å². The highest BCUT2D eigenvalue weighted by Gasteiger charge is 2.06. The van der Waals surface area contributed by atoms with Gasteiger partial charge in [-0.25, -0.2) is 15.0 Å². The summed E-state index contributed by atoms with van der Waals surface area (Å²) in [6.45, 7) is -5.83. The number of hydrogen-bond donors (Lipinski definition) is 2. The molecule has 0 spiro atoms. The van der Waals surface area contributed by atoms with E-state index in [1.54, 1.807) is 0 Å². The number of aromatic nitrogens is 4. The Bertz CT molecular complexity index is 563. The van der Waals surface area contributed by atoms with Gasteiger partial charge in [0, 0.05) is 6.50 Å². The molecule has 6 nitrogen and oxygen atoms in total. The smallest absolute Gasteiger partial charge is 0.182 e. The molecule has 6 heteroatoms. The highest BCUT2D eigenvalue weighted by molar-refractivity contribution is 5.81. The maximum absolute atomic E-state index is 9.20. The average Bonchev–Trinajstić information content (AvgIpc) is 2.61. The fraction of sp³-hybridized carbons (Fsp3) is 0.286. The Balaban J connectivity index is 2.73. The van der Waals surface area contributed by atoms with Gasteiger partial charge in [0.1, 0.15) is 11.8 Å². The number of fused-ring (bicyclic) bond motifs is 1. The van der Waals surface area contributed by atoms with Gasteiger partial charge in [-0.15, -0.1) is 0 Å². The number of aryl methyl sites for hydroxylation is 1. The number of anilines is 1. The second-order valence-corrected chi connectivity index (χ2v) is 2.27. The van der Waals surface area contributed by atoms with Gasteiger partial charge in [0.05, 0.1) is 18.4 Å². The van der Waals surface area contributed by atoms with Crippen LogP contribution in [0.15, 0.2) is 12.7 Å². The van der Waals surface area contributed by atoms with Gasteiger partial charge in [-0.2, -0.15) is 0 Å². The van der Waals surface area contributed by atoms with E-state index in [9.17, 15) is 5.11 Å². The van der Waals surface area contributed by atoms with E-state index in [-0.39, 0.29) is 17.0 Å². The van der Waals surface area contributed by atoms with Crippen molar-refractivity contribution < 1.29 is 10.6 Å². The zero-order valence-corrected chi connectivity index (χ0v) is 6.47. The van der Waals surface area contributed by atoms with Gasteiger partial charge >= 0.3 is 0 Å². The number of aliphatic hydroxyl groups is 1. The molecule has 0 aliphatic carbocycles. The van der Waals surface area contributed by atoms with Gasteiger partial charge in [0.2, 0.25) is 0 Å². The molecule has 2 aromatic rings. The minimum Gasteiger partial charge on any atom is -0.395 e. The quantitative estimate of drug-likeness (QED) is 0.649. The van der Waals surface area contributed by atoms with E-state index >= 15 is 0 Å². The van der Waals surface area contributed by atoms with Crippen molar-refractivity contribution in [3.63, 3.8) is 0 Å². The highest BCUT2D eigenvalue weighted by Crippen LogP contribution is 2.14. The van der Waals surface area contributed by atoms with Gasteiger partial charge in [-0.05, 0) is 0 Å². The fourth-order valence-electron chi connectivity index (χ4n) is 1.02. The summed E-state index contributed by atoms with van der Waals surface area (Å²) >= 11 is 0. The van der Waals surface area contributed by atoms with Crippen LogP contribution in [-0.4, -0.2) is 31.2 Å². The summed E-state index contributed by atoms with van der Waals surface area (Å²) < 4.78 is 30.1. The molecule has 0 bridgehead atoms. The van der Waals surface area contributed by atoms with E-state index in [4.69, 9.17) is 11.2 Å². The molecule has 0 aliphatic rings. The van der Waals surface area contributed by atoms with Crippen LogP contribution in [-0.2, 0) is 6.50 Å². The maximum Gasteiger partial charge on any atom is 0.182 e. The number of nitrogens with two attached hydrogens (primary N) is 1. The lowest BCUT2D eigenvalue weighted by molar-refractivity contribution is 0.278. The molecule has 0 aromatic carbocycles. The highest BCUT2D eigenvalue weighted by atomic mass is 16.3. The minimum absolute atomic E-state index is 0.0374. The topological polar surface area (TPSA) is 89.8 Å². The molecular weight excluding hydrogens is 170 g/mol. The lowest BCUT2D eigenvalue weighted by Crippen LogP contribution is -2.03. The standard InChI is InChI=1S/C7H9N5O/c8-6-5-7(10-3-9-6)11-4-12(5)1-2-13/h3-4,13H,1-2H2,(H2,8,9,10)/i1D2,2D2. The van der Waals surface area contributed by atoms with Crippen LogP contribution >= 0.6 is 0 Å². The Hall–Kier alpha value is -1.69. The minimum atomic E-state index is -3.09. The van der Waals surface area contributed by atoms with Gasteiger partial charge in [0.15, 0.2) is 11.5 Å². The summed E-state index contributed by atoms with van der Waals surface area (Å²) in [7, 11) is 0. The molecule has 2 heterocycles. The van der Waals surface area contributed by atoms with Crippen molar-refractivity contribution in [2.45, 2.75) is 6.50 Å². The molecule has 0 aliphatic heterocycles. The van der Waals surface area contributed by atoms with Gasteiger partial charge in [-0.1, -0.05) is 0 Å². The lowest BCUT2D eigenvalue weighted by Gasteiger charge is -2.01. The molecule has 0 fully saturated rings. The Labute approximate surface area is 79.7 Å². The number of nitrogen functional groups attached to an aromatic ring is 1. The molecule has 0 amide bonds. The van der Waals surface area contributed by atoms with E-state index < -0.39 is 13.1 Å². The van der Waals surface area contributed by atoms with E-state index in [1.165, 1.54) is 0 Å². The molecule has 68 valence electrons. The van der Waals surface area contributed by atoms with E-state index in [0.717, 1.165) is 17.2 Å². The predicted octanol–water partition coefficient (Wildman–Crippen LogP) is -0.599. The van der Waals surface area contributed by atoms with Crippen LogP contribution in [0.3, 0.4) is 0 Å². The van der Waals surface area contributed by atoms with Crippen LogP contribution < -0.4 is 5.73 Å². The molecule has 0 atom stereocenters. The molecule has 0 saturated heterocycles. The van der Waals surface area contributed by atoms with Crippen molar-refractivity contribution in [1.82, 2.24) is 19.5 Å². The first-order valence-corrected chi connectivity index (χ1v) is 3.41. The summed E-state index contributed by atoms with van der Waals surface area (Å²) in [5, 5.41) is 9.20. The van der Waals surface area contributed by atoms with Crippen molar-refractivity contribution in [3.8, 4) is 0 Å². The number of hydrogen-bond acceptors (Lipinski definition) is 5. The third kappa shape index (κ3) is 1.20. The monoisotopic (exact) mass is 183 g/mol. The summed E-state index contributed by atoms with van der Waals surface area (Å²) in [4.78, 5) is 11.2. The SMILES string of the molecule is [2H]C([2H])(O)C([2H])([2H])n1cnc2ncnc(N)c21. The largest absolute Gasteiger partial charge is 0.395 e. The van der Waals surface area contributed by atoms with Gasteiger partial charge in [-0.3, -0.25) is 0 Å². The fourth-order valence-corrected chi connectivity index (χ4v) is 1.02. The average molecular weight is 183 g/mol. The van der Waals surface area contributed by atoms with Gasteiger partial charge in [0.25, 0.3) is 0 Å². The summed E-state index contributed by atoms with van der Waals surface area (Å²) in [5.41, 5.74) is 5.73. The Morgan fingerprint density at radius 1 is 1.54 bits per heavy atom. The van der Waals surface area contributed by atoms with Crippen LogP contribution in [0.25, 0.3) is 11.2 Å². The van der Waals surface area contributed by atoms with Crippen molar-refractivity contribution >= 4 is 17.0 Å². The summed E-state index contributed by atoms with van der Waals surface area (Å²) in [5.74, 6) is -0.0411. The first-order valence-electron chi connectivity index (χ1n) is 5.41. The molecule has 0 radical (unpaired) electrons. The summed E-state index contributed by atoms with van der Waals surface area (Å²) in [6, 6.07) is 0. The zero-order valence-electron chi connectivity index (χ0n) is 10.5. The van der Waals surface area contributed by atoms with Crippen molar-refractivity contribution in [2.24, 2.45) is 0 Å². The molecular formula is C7H9N5O. The lowest BCUT2D eigenvalue weighted by atomic mass is 10.5. The second kappa shape index (κ2) is 2.98. The van der Waals surface area contributed by atoms with Crippen LogP contribution in [0.2, 0.25) is 0 Å². The third-order valence-electron chi connectivity index (χ3n) is 1.54. The third-order valence-corrected chi connectivity index (χ3v) is 1.54. The van der Waals surface area contributed by atoms with Crippen LogP contribution in [0.4, 0.5) is 5.82 Å². The van der Waals surface area contributed by atoms with Crippen LogP contribution in [0.5, 0.6) is 0 Å². The molecule has 0 unspecified atom stereocenters. The Kier molecular flexibility index (Phi) is 1.04. The Morgan fingerprint density at radius 3 is 3.15 bits per heavy atom. The number of rotatable bonds is 2. The Morgan fingerprint density at radius 2 is 2.38 bits per heavy atom. The first-order chi connectivity index (χ1) is 7.75. The molecule has 13 heavy (non-hydrogen) atoms. The van der Waals surface area contributed by atoms with Crippen molar-refractivity contribution in [3.05, 3.63) is 12.7 Å². The van der Waals surface area contributed by atoms with Crippen molar-refractivity contribution in [1.29, 1.82) is 0 Å². The van der Waals surface area contributed by atoms with Crippen molar-refractivity contribution in [2.75, 3.05) is 12.3 Å².